The molecule has 0 aromatic heterocycles. The molecule has 1 aromatic rings. The van der Waals surface area contributed by atoms with Crippen molar-refractivity contribution in [3.63, 3.8) is 0 Å². The molecule has 0 radical (unpaired) electrons. The highest BCUT2D eigenvalue weighted by molar-refractivity contribution is 7.91. The van der Waals surface area contributed by atoms with E-state index in [0.29, 0.717) is 12.8 Å². The molecular formula is C13H17F2NO2S. The zero-order valence-corrected chi connectivity index (χ0v) is 11.5. The second-order valence-corrected chi connectivity index (χ2v) is 7.44. The number of benzene rings is 1. The van der Waals surface area contributed by atoms with E-state index in [2.05, 4.69) is 0 Å². The molecule has 0 amide bonds. The van der Waals surface area contributed by atoms with Gasteiger partial charge >= 0.3 is 0 Å². The maximum atomic E-state index is 13.8. The number of aryl methyl sites for hydroxylation is 1. The summed E-state index contributed by atoms with van der Waals surface area (Å²) in [6.07, 6.45) is 0.907. The number of sulfone groups is 1. The highest BCUT2D eigenvalue weighted by Gasteiger charge is 2.30. The molecule has 1 heterocycles. The van der Waals surface area contributed by atoms with E-state index in [0.717, 1.165) is 0 Å². The van der Waals surface area contributed by atoms with E-state index >= 15 is 0 Å². The van der Waals surface area contributed by atoms with Crippen LogP contribution in [0.2, 0.25) is 0 Å². The molecule has 2 unspecified atom stereocenters. The summed E-state index contributed by atoms with van der Waals surface area (Å²) in [7, 11) is -2.97. The van der Waals surface area contributed by atoms with Gasteiger partial charge in [0.2, 0.25) is 0 Å². The van der Waals surface area contributed by atoms with Gasteiger partial charge in [-0.1, -0.05) is 12.1 Å². The summed E-state index contributed by atoms with van der Waals surface area (Å²) >= 11 is 0. The van der Waals surface area contributed by atoms with Crippen molar-refractivity contribution >= 4 is 9.84 Å². The number of halogens is 2. The van der Waals surface area contributed by atoms with E-state index in [1.165, 1.54) is 19.1 Å². The van der Waals surface area contributed by atoms with Crippen LogP contribution >= 0.6 is 0 Å². The van der Waals surface area contributed by atoms with Gasteiger partial charge in [-0.3, -0.25) is 0 Å². The quantitative estimate of drug-likeness (QED) is 0.927. The number of hydrogen-bond donors (Lipinski definition) is 1. The first-order valence-corrected chi connectivity index (χ1v) is 8.03. The number of nitrogens with two attached hydrogens (primary N) is 1. The minimum Gasteiger partial charge on any atom is -0.324 e. The van der Waals surface area contributed by atoms with Gasteiger partial charge in [-0.15, -0.1) is 0 Å². The lowest BCUT2D eigenvalue weighted by molar-refractivity contribution is 0.445. The summed E-state index contributed by atoms with van der Waals surface area (Å²) in [5, 5.41) is 0. The first kappa shape index (κ1) is 14.4. The average Bonchev–Trinajstić information content (AvgIpc) is 2.65. The Bertz CT molecular complexity index is 587. The molecule has 2 atom stereocenters. The average molecular weight is 289 g/mol. The van der Waals surface area contributed by atoms with E-state index in [9.17, 15) is 17.2 Å². The van der Waals surface area contributed by atoms with Crippen LogP contribution in [0.1, 0.15) is 30.0 Å². The molecule has 0 bridgehead atoms. The van der Waals surface area contributed by atoms with E-state index in [1.54, 1.807) is 0 Å². The molecule has 0 spiro atoms. The van der Waals surface area contributed by atoms with E-state index in [1.807, 2.05) is 0 Å². The first-order chi connectivity index (χ1) is 8.80. The van der Waals surface area contributed by atoms with Gasteiger partial charge in [-0.2, -0.15) is 0 Å². The molecule has 0 aliphatic carbocycles. The first-order valence-electron chi connectivity index (χ1n) is 6.20. The van der Waals surface area contributed by atoms with Gasteiger partial charge in [0.05, 0.1) is 11.5 Å². The molecule has 1 fully saturated rings. The van der Waals surface area contributed by atoms with Gasteiger partial charge in [0.1, 0.15) is 0 Å². The van der Waals surface area contributed by atoms with E-state index in [-0.39, 0.29) is 28.6 Å². The summed E-state index contributed by atoms with van der Waals surface area (Å²) < 4.78 is 49.9. The largest absolute Gasteiger partial charge is 0.324 e. The molecule has 19 heavy (non-hydrogen) atoms. The molecule has 6 heteroatoms. The predicted octanol–water partition coefficient (Wildman–Crippen LogP) is 2.10. The van der Waals surface area contributed by atoms with Crippen molar-refractivity contribution in [2.24, 2.45) is 11.7 Å². The van der Waals surface area contributed by atoms with Crippen molar-refractivity contribution in [2.75, 3.05) is 11.5 Å². The Balaban J connectivity index is 2.13. The van der Waals surface area contributed by atoms with Crippen molar-refractivity contribution in [2.45, 2.75) is 25.8 Å². The molecule has 1 aliphatic heterocycles. The lowest BCUT2D eigenvalue weighted by Gasteiger charge is -2.17. The molecule has 1 aromatic carbocycles. The van der Waals surface area contributed by atoms with Crippen molar-refractivity contribution < 1.29 is 17.2 Å². The molecule has 1 saturated heterocycles. The van der Waals surface area contributed by atoms with Gasteiger partial charge in [0.15, 0.2) is 21.5 Å². The van der Waals surface area contributed by atoms with Crippen molar-refractivity contribution in [3.8, 4) is 0 Å². The fourth-order valence-electron chi connectivity index (χ4n) is 2.49. The fraction of sp³-hybridized carbons (Fsp3) is 0.538. The Labute approximate surface area is 111 Å². The minimum atomic E-state index is -2.97. The van der Waals surface area contributed by atoms with Crippen LogP contribution < -0.4 is 5.73 Å². The van der Waals surface area contributed by atoms with Crippen molar-refractivity contribution in [1.29, 1.82) is 0 Å². The summed E-state index contributed by atoms with van der Waals surface area (Å²) in [5.41, 5.74) is 6.23. The van der Waals surface area contributed by atoms with Crippen LogP contribution in [0.3, 0.4) is 0 Å². The molecule has 1 aliphatic rings. The summed E-state index contributed by atoms with van der Waals surface area (Å²) in [6, 6.07) is 2.29. The second kappa shape index (κ2) is 5.17. The normalized spacial score (nSPS) is 23.5. The topological polar surface area (TPSA) is 60.2 Å². The van der Waals surface area contributed by atoms with Gasteiger partial charge in [0.25, 0.3) is 0 Å². The van der Waals surface area contributed by atoms with Crippen molar-refractivity contribution in [1.82, 2.24) is 0 Å². The molecule has 106 valence electrons. The van der Waals surface area contributed by atoms with Crippen LogP contribution in [-0.4, -0.2) is 19.9 Å². The number of rotatable bonds is 3. The maximum Gasteiger partial charge on any atom is 0.163 e. The number of hydrogen-bond acceptors (Lipinski definition) is 3. The molecule has 0 saturated carbocycles. The molecular weight excluding hydrogens is 272 g/mol. The standard InChI is InChI=1S/C13H17F2NO2S/c1-8-2-3-10(13(15)12(8)14)11(16)6-9-4-5-19(17,18)7-9/h2-3,9,11H,4-7,16H2,1H3. The Morgan fingerprint density at radius 1 is 1.37 bits per heavy atom. The van der Waals surface area contributed by atoms with Gasteiger partial charge in [0, 0.05) is 11.6 Å². The Morgan fingerprint density at radius 2 is 2.05 bits per heavy atom. The highest BCUT2D eigenvalue weighted by atomic mass is 32.2. The zero-order chi connectivity index (χ0) is 14.2. The summed E-state index contributed by atoms with van der Waals surface area (Å²) in [5.74, 6) is -1.62. The lowest BCUT2D eigenvalue weighted by atomic mass is 9.94. The van der Waals surface area contributed by atoms with Gasteiger partial charge in [-0.25, -0.2) is 17.2 Å². The molecule has 3 nitrogen and oxygen atoms in total. The van der Waals surface area contributed by atoms with E-state index in [4.69, 9.17) is 5.73 Å². The third kappa shape index (κ3) is 3.12. The maximum absolute atomic E-state index is 13.8. The third-order valence-electron chi connectivity index (χ3n) is 3.62. The lowest BCUT2D eigenvalue weighted by Crippen LogP contribution is -2.18. The van der Waals surface area contributed by atoms with Gasteiger partial charge in [-0.05, 0) is 31.2 Å². The van der Waals surface area contributed by atoms with Gasteiger partial charge < -0.3 is 5.73 Å². The predicted molar refractivity (Wildman–Crippen MR) is 69.4 cm³/mol. The smallest absolute Gasteiger partial charge is 0.163 e. The second-order valence-electron chi connectivity index (χ2n) is 5.21. The third-order valence-corrected chi connectivity index (χ3v) is 5.46. The highest BCUT2D eigenvalue weighted by Crippen LogP contribution is 2.29. The van der Waals surface area contributed by atoms with Crippen LogP contribution in [0.4, 0.5) is 8.78 Å². The van der Waals surface area contributed by atoms with Crippen LogP contribution in [0.5, 0.6) is 0 Å². The Hall–Kier alpha value is -1.01. The Kier molecular flexibility index (Phi) is 3.92. The summed E-state index contributed by atoms with van der Waals surface area (Å²) in [4.78, 5) is 0. The molecule has 2 N–H and O–H groups in total. The van der Waals surface area contributed by atoms with Crippen LogP contribution in [-0.2, 0) is 9.84 Å². The zero-order valence-electron chi connectivity index (χ0n) is 10.7. The van der Waals surface area contributed by atoms with E-state index < -0.39 is 27.5 Å². The van der Waals surface area contributed by atoms with Crippen LogP contribution in [0.25, 0.3) is 0 Å². The monoisotopic (exact) mass is 289 g/mol. The fourth-order valence-corrected chi connectivity index (χ4v) is 4.37. The summed E-state index contributed by atoms with van der Waals surface area (Å²) in [6.45, 7) is 1.48. The van der Waals surface area contributed by atoms with Crippen LogP contribution in [0, 0.1) is 24.5 Å². The van der Waals surface area contributed by atoms with Crippen LogP contribution in [0.15, 0.2) is 12.1 Å². The SMILES string of the molecule is Cc1ccc(C(N)CC2CCS(=O)(=O)C2)c(F)c1F. The molecule has 2 rings (SSSR count). The minimum absolute atomic E-state index is 0.0660. The Morgan fingerprint density at radius 3 is 2.63 bits per heavy atom. The van der Waals surface area contributed by atoms with Crippen molar-refractivity contribution in [3.05, 3.63) is 34.9 Å².